The third-order valence-electron chi connectivity index (χ3n) is 37.8. The SMILES string of the molecule is Cc1cc(C)c(C)c(N2C3CCC(CC3)N(C)C2C)c1.Cc1cc(C)c(C)c(N2C3CCC(c4ccccc43)N(C)C2C)c1.Cc1ccc2c(oc3ccccc32)c1N1C(C)C2(C)CCC1(C)C2.Cc1ccc2c(oc3ccccc32)c1N1C(C)C2CCC1(C)C2.Cc1ccc2c(oc3ccccc32)c1N1C2CCC(C)(C2)C1C.Cc1ccc2c(oc3ccccc32)c1N1C2CCC(C2)C1C. The summed E-state index contributed by atoms with van der Waals surface area (Å²) in [5.74, 6) is 1.70. The third-order valence-corrected chi connectivity index (χ3v) is 37.8. The Morgan fingerprint density at radius 1 is 0.301 bits per heavy atom. The fraction of sp³-hybridized carbons (Fsp3) is 0.468. The maximum absolute atomic E-state index is 6.37. The maximum Gasteiger partial charge on any atom is 0.158 e. The number of furan rings is 4. The minimum absolute atomic E-state index is 0.256. The maximum atomic E-state index is 6.37. The molecule has 12 fully saturated rings. The summed E-state index contributed by atoms with van der Waals surface area (Å²) in [6.45, 7) is 46.6. The molecule has 5 saturated carbocycles. The Hall–Kier alpha value is -10.7. The van der Waals surface area contributed by atoms with Crippen molar-refractivity contribution in [2.45, 2.75) is 338 Å². The molecule has 8 aliphatic heterocycles. The van der Waals surface area contributed by atoms with Crippen LogP contribution in [0.15, 0.2) is 212 Å². The van der Waals surface area contributed by atoms with E-state index < -0.39 is 0 Å². The normalized spacial score (nSPS) is 29.4. The highest BCUT2D eigenvalue weighted by molar-refractivity contribution is 6.13. The number of anilines is 6. The molecule has 136 heavy (non-hydrogen) atoms. The van der Waals surface area contributed by atoms with E-state index >= 15 is 0 Å². The monoisotopic (exact) mass is 1810 g/mol. The minimum atomic E-state index is 0.256. The molecular weight excluding hydrogens is 1670 g/mol. The molecule has 14 aliphatic rings. The van der Waals surface area contributed by atoms with Gasteiger partial charge in [0, 0.05) is 120 Å². The number of piperidine rings is 4. The van der Waals surface area contributed by atoms with E-state index in [0.29, 0.717) is 77.0 Å². The summed E-state index contributed by atoms with van der Waals surface area (Å²) >= 11 is 0. The molecule has 6 aliphatic carbocycles. The van der Waals surface area contributed by atoms with E-state index in [-0.39, 0.29) is 5.54 Å². The van der Waals surface area contributed by atoms with E-state index in [9.17, 15) is 0 Å². The molecule has 0 amide bonds. The van der Waals surface area contributed by atoms with Crippen LogP contribution in [0.25, 0.3) is 87.8 Å². The van der Waals surface area contributed by atoms with Crippen LogP contribution in [0.3, 0.4) is 0 Å². The Labute approximate surface area is 809 Å². The number of hydrogen-bond donors (Lipinski definition) is 0. The Morgan fingerprint density at radius 3 is 1.20 bits per heavy atom. The molecule has 16 atom stereocenters. The largest absolute Gasteiger partial charge is 0.454 e. The zero-order valence-electron chi connectivity index (χ0n) is 85.5. The van der Waals surface area contributed by atoms with Gasteiger partial charge in [-0.3, -0.25) is 9.80 Å². The summed E-state index contributed by atoms with van der Waals surface area (Å²) in [4.78, 5) is 21.3. The van der Waals surface area contributed by atoms with Crippen molar-refractivity contribution in [1.82, 2.24) is 9.80 Å². The van der Waals surface area contributed by atoms with Crippen molar-refractivity contribution in [3.63, 3.8) is 0 Å². The molecule has 0 N–H and O–H groups in total. The summed E-state index contributed by atoms with van der Waals surface area (Å²) < 4.78 is 25.3. The summed E-state index contributed by atoms with van der Waals surface area (Å²) in [6, 6.07) is 76.3. The van der Waals surface area contributed by atoms with E-state index in [1.54, 1.807) is 0 Å². The Morgan fingerprint density at radius 2 is 0.735 bits per heavy atom. The topological polar surface area (TPSA) is 78.5 Å². The van der Waals surface area contributed by atoms with E-state index in [2.05, 4.69) is 386 Å². The highest BCUT2D eigenvalue weighted by Crippen LogP contribution is 2.63. The molecule has 12 bridgehead atoms. The van der Waals surface area contributed by atoms with Crippen molar-refractivity contribution in [2.24, 2.45) is 22.7 Å². The van der Waals surface area contributed by atoms with E-state index in [4.69, 9.17) is 17.7 Å². The molecule has 12 nitrogen and oxygen atoms in total. The van der Waals surface area contributed by atoms with Gasteiger partial charge in [-0.2, -0.15) is 0 Å². The third kappa shape index (κ3) is 14.6. The first-order valence-corrected chi connectivity index (χ1v) is 52.3. The van der Waals surface area contributed by atoms with Gasteiger partial charge in [-0.25, -0.2) is 0 Å². The molecule has 12 heteroatoms. The van der Waals surface area contributed by atoms with Crippen LogP contribution in [0.5, 0.6) is 0 Å². The second kappa shape index (κ2) is 34.2. The van der Waals surface area contributed by atoms with Gasteiger partial charge >= 0.3 is 0 Å². The first-order chi connectivity index (χ1) is 65.3. The van der Waals surface area contributed by atoms with Gasteiger partial charge in [0.15, 0.2) is 22.3 Å². The van der Waals surface area contributed by atoms with E-state index in [1.165, 1.54) is 260 Å². The van der Waals surface area contributed by atoms with Gasteiger partial charge in [0.1, 0.15) is 22.3 Å². The Kier molecular flexibility index (Phi) is 22.7. The molecule has 16 unspecified atom stereocenters. The summed E-state index contributed by atoms with van der Waals surface area (Å²) in [6.07, 6.45) is 24.9. The van der Waals surface area contributed by atoms with E-state index in [0.717, 1.165) is 68.6 Å². The van der Waals surface area contributed by atoms with E-state index in [1.807, 2.05) is 0 Å². The van der Waals surface area contributed by atoms with Gasteiger partial charge < -0.3 is 47.1 Å². The second-order valence-corrected chi connectivity index (χ2v) is 45.9. The lowest BCUT2D eigenvalue weighted by Crippen LogP contribution is -2.49. The van der Waals surface area contributed by atoms with Crippen molar-refractivity contribution in [2.75, 3.05) is 43.5 Å². The number of para-hydroxylation sites is 4. The zero-order chi connectivity index (χ0) is 94.5. The van der Waals surface area contributed by atoms with Crippen LogP contribution in [0.4, 0.5) is 34.1 Å². The average molecular weight is 1810 g/mol. The average Bonchev–Trinajstić information content (AvgIpc) is 1.49. The van der Waals surface area contributed by atoms with Crippen LogP contribution in [0.2, 0.25) is 0 Å². The highest BCUT2D eigenvalue weighted by Gasteiger charge is 2.60. The number of hydrogen-bond acceptors (Lipinski definition) is 12. The highest BCUT2D eigenvalue weighted by atomic mass is 16.3. The van der Waals surface area contributed by atoms with Gasteiger partial charge in [0.2, 0.25) is 0 Å². The van der Waals surface area contributed by atoms with Crippen molar-refractivity contribution in [1.29, 1.82) is 0 Å². The molecule has 0 spiro atoms. The van der Waals surface area contributed by atoms with Crippen LogP contribution in [0.1, 0.15) is 264 Å². The molecule has 11 aromatic carbocycles. The number of benzene rings is 11. The number of nitrogens with zero attached hydrogens (tertiary/aromatic N) is 8. The molecule has 15 aromatic rings. The molecule has 12 heterocycles. The summed E-state index contributed by atoms with van der Waals surface area (Å²) in [5.41, 5.74) is 34.8. The van der Waals surface area contributed by atoms with Gasteiger partial charge in [0.05, 0.1) is 41.1 Å². The van der Waals surface area contributed by atoms with Gasteiger partial charge in [-0.15, -0.1) is 0 Å². The first-order valence-electron chi connectivity index (χ1n) is 52.3. The van der Waals surface area contributed by atoms with Gasteiger partial charge in [-0.1, -0.05) is 172 Å². The second-order valence-electron chi connectivity index (χ2n) is 45.9. The van der Waals surface area contributed by atoms with Crippen LogP contribution in [-0.2, 0) is 0 Å². The fourth-order valence-corrected chi connectivity index (χ4v) is 29.8. The molecule has 29 rings (SSSR count). The molecule has 0 radical (unpaired) electrons. The van der Waals surface area contributed by atoms with Crippen LogP contribution in [-0.4, -0.2) is 95.6 Å². The zero-order valence-corrected chi connectivity index (χ0v) is 85.5. The van der Waals surface area contributed by atoms with Gasteiger partial charge in [-0.05, 0) is 380 Å². The van der Waals surface area contributed by atoms with Gasteiger partial charge in [0.25, 0.3) is 0 Å². The fourth-order valence-electron chi connectivity index (χ4n) is 29.8. The first kappa shape index (κ1) is 90.5. The van der Waals surface area contributed by atoms with Crippen LogP contribution < -0.4 is 29.4 Å². The molecule has 4 aromatic heterocycles. The Bertz CT molecular complexity index is 7140. The summed E-state index contributed by atoms with van der Waals surface area (Å²) in [5, 5.41) is 9.91. The van der Waals surface area contributed by atoms with Crippen LogP contribution in [0, 0.1) is 91.9 Å². The molecule has 708 valence electrons. The van der Waals surface area contributed by atoms with Crippen molar-refractivity contribution < 1.29 is 17.7 Å². The standard InChI is InChI=1S/C22H28N2.C22H25NO.2C21H23NO.C20H21NO.C18H28N2/c1-14-12-15(2)16(3)22(13-14)24-17(4)23(5)20-10-11-21(24)19-9-7-6-8-18(19)20;1-14-9-10-17-16-7-5-6-8-18(16)24-20(17)19(14)23-15(2)21(3)11-12-22(23,4)13-21;1-13-8-9-17-16-6-4-5-7-18(16)23-20(17)19(13)22-14(2)21(3)11-10-15(22)12-21;1-13-8-9-17-16-6-4-5-7-18(16)23-20(17)19(13)22-14(2)15-10-11-21(22,3)12-15;1-12-7-10-17-16-5-3-4-6-18(16)22-20(17)19(12)21-13(2)14-8-9-15(21)11-14;1-12-10-13(2)14(3)18(11-12)20-15(4)19(5)16-6-8-17(20)9-7-16/h6-9,12-13,17,20-21H,10-11H2,1-5H3;5-10,15H,11-13H2,1-4H3;2*4-9,14-15H,10-12H2,1-3H3;3-7,10,13-15H,8-9,11H2,1-2H3;10-11,15-17H,6-9H2,1-5H3. The predicted molar refractivity (Wildman–Crippen MR) is 572 cm³/mol. The lowest BCUT2D eigenvalue weighted by molar-refractivity contribution is 0.184. The number of fused-ring (bicyclic) bond motifs is 27. The lowest BCUT2D eigenvalue weighted by Gasteiger charge is -2.44. The molecular formula is C124H148N8O4. The summed E-state index contributed by atoms with van der Waals surface area (Å²) in [7, 11) is 4.61. The quantitative estimate of drug-likeness (QED) is 0.159. The number of aryl methyl sites for hydroxylation is 8. The van der Waals surface area contributed by atoms with Crippen molar-refractivity contribution in [3.05, 3.63) is 261 Å². The molecule has 7 saturated heterocycles. The van der Waals surface area contributed by atoms with Crippen LogP contribution >= 0.6 is 0 Å². The lowest BCUT2D eigenvalue weighted by atomic mass is 9.82. The predicted octanol–water partition coefficient (Wildman–Crippen LogP) is 32.0. The Balaban J connectivity index is 0.0000000947. The minimum Gasteiger partial charge on any atom is -0.454 e. The number of rotatable bonds is 6. The smallest absolute Gasteiger partial charge is 0.158 e. The van der Waals surface area contributed by atoms with Crippen molar-refractivity contribution >= 4 is 122 Å². The van der Waals surface area contributed by atoms with Crippen molar-refractivity contribution in [3.8, 4) is 0 Å².